The SMILES string of the molecule is C=CCC[N+](C)(CC=C)c1ccccc1.[Cl-]. The first-order valence-electron chi connectivity index (χ1n) is 5.35. The van der Waals surface area contributed by atoms with Crippen molar-refractivity contribution in [1.82, 2.24) is 4.48 Å². The van der Waals surface area contributed by atoms with Gasteiger partial charge < -0.3 is 12.4 Å². The molecule has 1 aromatic carbocycles. The molecule has 1 rings (SSSR count). The molecule has 0 spiro atoms. The van der Waals surface area contributed by atoms with Gasteiger partial charge in [-0.2, -0.15) is 0 Å². The van der Waals surface area contributed by atoms with Crippen molar-refractivity contribution in [2.24, 2.45) is 0 Å². The van der Waals surface area contributed by atoms with Crippen molar-refractivity contribution >= 4 is 5.69 Å². The van der Waals surface area contributed by atoms with Gasteiger partial charge in [0.1, 0.15) is 12.2 Å². The van der Waals surface area contributed by atoms with Crippen LogP contribution in [-0.4, -0.2) is 20.1 Å². The number of nitrogens with zero attached hydrogens (tertiary/aromatic N) is 1. The summed E-state index contributed by atoms with van der Waals surface area (Å²) in [4.78, 5) is 0. The van der Waals surface area contributed by atoms with Crippen LogP contribution in [0.5, 0.6) is 0 Å². The topological polar surface area (TPSA) is 0 Å². The highest BCUT2D eigenvalue weighted by Gasteiger charge is 2.21. The van der Waals surface area contributed by atoms with E-state index in [0.29, 0.717) is 0 Å². The van der Waals surface area contributed by atoms with Crippen molar-refractivity contribution in [3.63, 3.8) is 0 Å². The highest BCUT2D eigenvalue weighted by Crippen LogP contribution is 2.20. The predicted octanol–water partition coefficient (Wildman–Crippen LogP) is 0.390. The van der Waals surface area contributed by atoms with Gasteiger partial charge in [0.2, 0.25) is 0 Å². The molecular formula is C14H20ClN. The van der Waals surface area contributed by atoms with E-state index in [1.165, 1.54) is 5.69 Å². The molecule has 0 aromatic heterocycles. The maximum absolute atomic E-state index is 3.84. The van der Waals surface area contributed by atoms with Gasteiger partial charge in [-0.05, 0) is 18.2 Å². The summed E-state index contributed by atoms with van der Waals surface area (Å²) >= 11 is 0. The fraction of sp³-hybridized carbons (Fsp3) is 0.286. The Morgan fingerprint density at radius 3 is 2.25 bits per heavy atom. The zero-order valence-electron chi connectivity index (χ0n) is 9.90. The standard InChI is InChI=1S/C14H20N.ClH/c1-4-6-13-15(3,12-5-2)14-10-8-7-9-11-14;/h4-5,7-11H,1-2,6,12-13H2,3H3;1H/q+1;/p-1. The van der Waals surface area contributed by atoms with E-state index in [4.69, 9.17) is 0 Å². The quantitative estimate of drug-likeness (QED) is 0.496. The van der Waals surface area contributed by atoms with Crippen molar-refractivity contribution in [3.8, 4) is 0 Å². The van der Waals surface area contributed by atoms with E-state index in [-0.39, 0.29) is 12.4 Å². The minimum Gasteiger partial charge on any atom is -1.00 e. The van der Waals surface area contributed by atoms with E-state index < -0.39 is 0 Å². The Morgan fingerprint density at radius 1 is 1.12 bits per heavy atom. The molecule has 0 bridgehead atoms. The summed E-state index contributed by atoms with van der Waals surface area (Å²) in [5.41, 5.74) is 1.33. The fourth-order valence-electron chi connectivity index (χ4n) is 1.77. The van der Waals surface area contributed by atoms with Gasteiger partial charge in [0.15, 0.2) is 0 Å². The molecule has 1 atom stereocenters. The highest BCUT2D eigenvalue weighted by molar-refractivity contribution is 5.42. The number of quaternary nitrogens is 1. The van der Waals surface area contributed by atoms with Gasteiger partial charge >= 0.3 is 0 Å². The molecular weight excluding hydrogens is 218 g/mol. The normalized spacial score (nSPS) is 13.3. The van der Waals surface area contributed by atoms with Crippen molar-refractivity contribution in [3.05, 3.63) is 55.6 Å². The Morgan fingerprint density at radius 2 is 1.75 bits per heavy atom. The second-order valence-electron chi connectivity index (χ2n) is 4.00. The smallest absolute Gasteiger partial charge is 0.132 e. The number of hydrogen-bond acceptors (Lipinski definition) is 0. The van der Waals surface area contributed by atoms with Crippen molar-refractivity contribution in [2.75, 3.05) is 20.1 Å². The Kier molecular flexibility index (Phi) is 6.78. The summed E-state index contributed by atoms with van der Waals surface area (Å²) in [6.07, 6.45) is 4.98. The fourth-order valence-corrected chi connectivity index (χ4v) is 1.77. The Bertz CT molecular complexity index is 321. The van der Waals surface area contributed by atoms with Crippen LogP contribution in [0, 0.1) is 0 Å². The number of halogens is 1. The lowest BCUT2D eigenvalue weighted by atomic mass is 10.2. The Hall–Kier alpha value is -1.05. The second-order valence-corrected chi connectivity index (χ2v) is 4.00. The van der Waals surface area contributed by atoms with E-state index >= 15 is 0 Å². The third kappa shape index (κ3) is 3.84. The third-order valence-electron chi connectivity index (χ3n) is 2.74. The van der Waals surface area contributed by atoms with Crippen LogP contribution in [0.2, 0.25) is 0 Å². The molecule has 0 saturated carbocycles. The average molecular weight is 238 g/mol. The summed E-state index contributed by atoms with van der Waals surface area (Å²) < 4.78 is 0.899. The first-order chi connectivity index (χ1) is 7.23. The molecule has 0 heterocycles. The lowest BCUT2D eigenvalue weighted by molar-refractivity contribution is -0.00000319. The van der Waals surface area contributed by atoms with Crippen molar-refractivity contribution in [1.29, 1.82) is 0 Å². The van der Waals surface area contributed by atoms with E-state index in [0.717, 1.165) is 24.0 Å². The van der Waals surface area contributed by atoms with Gasteiger partial charge in [0.25, 0.3) is 0 Å². The van der Waals surface area contributed by atoms with Crippen LogP contribution < -0.4 is 16.9 Å². The number of para-hydroxylation sites is 1. The van der Waals surface area contributed by atoms with Crippen LogP contribution in [0.3, 0.4) is 0 Å². The second kappa shape index (κ2) is 7.26. The Labute approximate surface area is 105 Å². The van der Waals surface area contributed by atoms with Crippen molar-refractivity contribution in [2.45, 2.75) is 6.42 Å². The molecule has 2 heteroatoms. The molecule has 0 N–H and O–H groups in total. The minimum atomic E-state index is 0. The van der Waals surface area contributed by atoms with Gasteiger partial charge in [-0.1, -0.05) is 30.9 Å². The molecule has 0 radical (unpaired) electrons. The van der Waals surface area contributed by atoms with E-state index in [9.17, 15) is 0 Å². The molecule has 0 aliphatic heterocycles. The Balaban J connectivity index is 0.00000225. The van der Waals surface area contributed by atoms with Gasteiger partial charge in [0.05, 0.1) is 13.6 Å². The highest BCUT2D eigenvalue weighted by atomic mass is 35.5. The average Bonchev–Trinajstić information content (AvgIpc) is 2.28. The van der Waals surface area contributed by atoms with Crippen molar-refractivity contribution < 1.29 is 12.4 Å². The molecule has 1 unspecified atom stereocenters. The number of benzene rings is 1. The molecule has 1 aromatic rings. The van der Waals surface area contributed by atoms with Crippen LogP contribution >= 0.6 is 0 Å². The van der Waals surface area contributed by atoms with Crippen LogP contribution in [0.4, 0.5) is 5.69 Å². The molecule has 1 nitrogen and oxygen atoms in total. The minimum absolute atomic E-state index is 0. The first kappa shape index (κ1) is 14.9. The molecule has 0 aliphatic carbocycles. The van der Waals surface area contributed by atoms with E-state index in [2.05, 4.69) is 50.5 Å². The maximum atomic E-state index is 3.84. The van der Waals surface area contributed by atoms with Crippen LogP contribution in [0.15, 0.2) is 55.6 Å². The zero-order chi connectivity index (χ0) is 11.1. The van der Waals surface area contributed by atoms with Gasteiger partial charge in [-0.15, -0.1) is 6.58 Å². The van der Waals surface area contributed by atoms with Crippen LogP contribution in [0.25, 0.3) is 0 Å². The molecule has 16 heavy (non-hydrogen) atoms. The molecule has 0 aliphatic rings. The molecule has 0 amide bonds. The van der Waals surface area contributed by atoms with Gasteiger partial charge in [-0.3, -0.25) is 4.48 Å². The summed E-state index contributed by atoms with van der Waals surface area (Å²) in [5.74, 6) is 0. The monoisotopic (exact) mass is 237 g/mol. The summed E-state index contributed by atoms with van der Waals surface area (Å²) in [5, 5.41) is 0. The first-order valence-corrected chi connectivity index (χ1v) is 5.35. The number of rotatable bonds is 6. The van der Waals surface area contributed by atoms with E-state index in [1.54, 1.807) is 0 Å². The largest absolute Gasteiger partial charge is 1.00 e. The summed E-state index contributed by atoms with van der Waals surface area (Å²) in [6.45, 7) is 9.64. The zero-order valence-corrected chi connectivity index (χ0v) is 10.7. The van der Waals surface area contributed by atoms with E-state index in [1.807, 2.05) is 12.2 Å². The van der Waals surface area contributed by atoms with Gasteiger partial charge in [0, 0.05) is 6.42 Å². The number of likely N-dealkylation sites (N-methyl/N-ethyl adjacent to an activating group) is 1. The molecule has 0 fully saturated rings. The lowest BCUT2D eigenvalue weighted by Crippen LogP contribution is -3.00. The summed E-state index contributed by atoms with van der Waals surface area (Å²) in [7, 11) is 2.24. The molecule has 0 saturated heterocycles. The van der Waals surface area contributed by atoms with Gasteiger partial charge in [-0.25, -0.2) is 0 Å². The maximum Gasteiger partial charge on any atom is 0.132 e. The van der Waals surface area contributed by atoms with Crippen LogP contribution in [0.1, 0.15) is 6.42 Å². The third-order valence-corrected chi connectivity index (χ3v) is 2.74. The predicted molar refractivity (Wildman–Crippen MR) is 68.9 cm³/mol. The number of hydrogen-bond donors (Lipinski definition) is 0. The van der Waals surface area contributed by atoms with Crippen LogP contribution in [-0.2, 0) is 0 Å². The molecule has 88 valence electrons. The summed E-state index contributed by atoms with van der Waals surface area (Å²) in [6, 6.07) is 10.6. The lowest BCUT2D eigenvalue weighted by Gasteiger charge is -2.32.